The molecule has 0 unspecified atom stereocenters. The van der Waals surface area contributed by atoms with Crippen LogP contribution < -0.4 is 5.32 Å². The third-order valence-electron chi connectivity index (χ3n) is 5.99. The SMILES string of the molecule is Cc1ccc(NC(=O)CN2C(=O)S/C(=C/c3ccc(-c4cc(C)c(C)c([N+](=O)[O-])c4)o3)C2=O)cc1C. The van der Waals surface area contributed by atoms with Gasteiger partial charge in [-0.25, -0.2) is 0 Å². The van der Waals surface area contributed by atoms with Gasteiger partial charge in [0.25, 0.3) is 16.8 Å². The molecule has 1 aromatic heterocycles. The smallest absolute Gasteiger partial charge is 0.294 e. The van der Waals surface area contributed by atoms with E-state index in [4.69, 9.17) is 4.42 Å². The Bertz CT molecular complexity index is 1460. The van der Waals surface area contributed by atoms with Crippen LogP contribution in [0.2, 0.25) is 0 Å². The molecule has 1 aliphatic heterocycles. The molecule has 1 saturated heterocycles. The van der Waals surface area contributed by atoms with E-state index in [1.165, 1.54) is 12.1 Å². The van der Waals surface area contributed by atoms with E-state index in [-0.39, 0.29) is 10.6 Å². The van der Waals surface area contributed by atoms with Crippen LogP contribution >= 0.6 is 11.8 Å². The van der Waals surface area contributed by atoms with Crippen molar-refractivity contribution in [1.29, 1.82) is 0 Å². The fourth-order valence-corrected chi connectivity index (χ4v) is 4.51. The minimum absolute atomic E-state index is 0.0110. The van der Waals surface area contributed by atoms with Gasteiger partial charge in [0.1, 0.15) is 18.1 Å². The van der Waals surface area contributed by atoms with Crippen molar-refractivity contribution in [2.45, 2.75) is 27.7 Å². The summed E-state index contributed by atoms with van der Waals surface area (Å²) in [5.74, 6) is -0.395. The number of thioether (sulfide) groups is 1. The Morgan fingerprint density at radius 3 is 2.50 bits per heavy atom. The molecule has 0 saturated carbocycles. The standard InChI is InChI=1S/C26H23N3O6S/c1-14-5-6-19(10-15(14)2)27-24(30)13-28-25(31)23(36-26(28)32)12-20-7-8-22(35-20)18-9-16(3)17(4)21(11-18)29(33)34/h5-12H,13H2,1-4H3,(H,27,30)/b23-12+. The van der Waals surface area contributed by atoms with Gasteiger partial charge in [0.05, 0.1) is 9.83 Å². The second-order valence-electron chi connectivity index (χ2n) is 8.51. The number of nitrogens with one attached hydrogen (secondary N) is 1. The Balaban J connectivity index is 1.49. The Kier molecular flexibility index (Phi) is 6.80. The highest BCUT2D eigenvalue weighted by molar-refractivity contribution is 8.18. The third kappa shape index (κ3) is 5.08. The number of anilines is 1. The van der Waals surface area contributed by atoms with Crippen LogP contribution in [0.3, 0.4) is 0 Å². The molecule has 2 aromatic carbocycles. The van der Waals surface area contributed by atoms with Crippen molar-refractivity contribution in [3.05, 3.63) is 85.5 Å². The van der Waals surface area contributed by atoms with Gasteiger partial charge >= 0.3 is 0 Å². The maximum absolute atomic E-state index is 12.8. The summed E-state index contributed by atoms with van der Waals surface area (Å²) in [7, 11) is 0. The minimum Gasteiger partial charge on any atom is -0.457 e. The normalized spacial score (nSPS) is 14.6. The van der Waals surface area contributed by atoms with Crippen LogP contribution in [0, 0.1) is 37.8 Å². The number of imide groups is 1. The van der Waals surface area contributed by atoms with E-state index < -0.39 is 28.5 Å². The lowest BCUT2D eigenvalue weighted by molar-refractivity contribution is -0.385. The highest BCUT2D eigenvalue weighted by Gasteiger charge is 2.36. The first-order chi connectivity index (χ1) is 17.0. The molecule has 1 N–H and O–H groups in total. The van der Waals surface area contributed by atoms with Gasteiger partial charge < -0.3 is 9.73 Å². The fraction of sp³-hybridized carbons (Fsp3) is 0.192. The van der Waals surface area contributed by atoms with E-state index in [1.807, 2.05) is 26.0 Å². The maximum atomic E-state index is 12.8. The van der Waals surface area contributed by atoms with Crippen LogP contribution in [-0.4, -0.2) is 33.4 Å². The maximum Gasteiger partial charge on any atom is 0.294 e. The highest BCUT2D eigenvalue weighted by Crippen LogP contribution is 2.34. The lowest BCUT2D eigenvalue weighted by Crippen LogP contribution is -2.36. The van der Waals surface area contributed by atoms with Crippen LogP contribution in [0.4, 0.5) is 16.2 Å². The predicted molar refractivity (Wildman–Crippen MR) is 137 cm³/mol. The summed E-state index contributed by atoms with van der Waals surface area (Å²) < 4.78 is 5.79. The average Bonchev–Trinajstić information content (AvgIpc) is 3.38. The predicted octanol–water partition coefficient (Wildman–Crippen LogP) is 5.76. The number of amides is 3. The number of nitro groups is 1. The Morgan fingerprint density at radius 2 is 1.81 bits per heavy atom. The van der Waals surface area contributed by atoms with E-state index in [0.717, 1.165) is 21.6 Å². The number of aryl methyl sites for hydroxylation is 3. The molecule has 1 aliphatic rings. The molecule has 3 amide bonds. The zero-order chi connectivity index (χ0) is 26.1. The Morgan fingerprint density at radius 1 is 1.06 bits per heavy atom. The van der Waals surface area contributed by atoms with Gasteiger partial charge in [0.2, 0.25) is 5.91 Å². The summed E-state index contributed by atoms with van der Waals surface area (Å²) in [5, 5.41) is 13.5. The summed E-state index contributed by atoms with van der Waals surface area (Å²) in [5.41, 5.74) is 4.52. The van der Waals surface area contributed by atoms with E-state index in [9.17, 15) is 24.5 Å². The number of nitrogens with zero attached hydrogens (tertiary/aromatic N) is 2. The van der Waals surface area contributed by atoms with Crippen molar-refractivity contribution in [3.8, 4) is 11.3 Å². The number of carbonyl (C=O) groups is 3. The lowest BCUT2D eigenvalue weighted by Gasteiger charge is -2.13. The molecule has 0 atom stereocenters. The number of furan rings is 1. The molecule has 0 bridgehead atoms. The number of hydrogen-bond acceptors (Lipinski definition) is 7. The largest absolute Gasteiger partial charge is 0.457 e. The molecule has 10 heteroatoms. The van der Waals surface area contributed by atoms with Crippen molar-refractivity contribution < 1.29 is 23.7 Å². The lowest BCUT2D eigenvalue weighted by atomic mass is 10.0. The average molecular weight is 506 g/mol. The van der Waals surface area contributed by atoms with Crippen molar-refractivity contribution >= 4 is 46.3 Å². The molecule has 3 aromatic rings. The van der Waals surface area contributed by atoms with Gasteiger partial charge in [-0.1, -0.05) is 6.07 Å². The van der Waals surface area contributed by atoms with Crippen LogP contribution in [0.5, 0.6) is 0 Å². The summed E-state index contributed by atoms with van der Waals surface area (Å²) in [4.78, 5) is 49.6. The van der Waals surface area contributed by atoms with Crippen molar-refractivity contribution in [1.82, 2.24) is 4.90 Å². The van der Waals surface area contributed by atoms with Gasteiger partial charge in [-0.15, -0.1) is 0 Å². The molecular weight excluding hydrogens is 482 g/mol. The first kappa shape index (κ1) is 24.9. The molecule has 4 rings (SSSR count). The number of benzene rings is 2. The fourth-order valence-electron chi connectivity index (χ4n) is 3.69. The van der Waals surface area contributed by atoms with E-state index in [2.05, 4.69) is 5.32 Å². The zero-order valence-corrected chi connectivity index (χ0v) is 20.9. The van der Waals surface area contributed by atoms with Crippen LogP contribution in [-0.2, 0) is 9.59 Å². The van der Waals surface area contributed by atoms with E-state index in [0.29, 0.717) is 40.1 Å². The number of rotatable bonds is 6. The molecule has 9 nitrogen and oxygen atoms in total. The Hall–Kier alpha value is -4.18. The topological polar surface area (TPSA) is 123 Å². The highest BCUT2D eigenvalue weighted by atomic mass is 32.2. The van der Waals surface area contributed by atoms with E-state index in [1.54, 1.807) is 38.1 Å². The second kappa shape index (κ2) is 9.82. The molecule has 1 fully saturated rings. The van der Waals surface area contributed by atoms with Crippen LogP contribution in [0.1, 0.15) is 28.0 Å². The van der Waals surface area contributed by atoms with Gasteiger partial charge in [-0.2, -0.15) is 0 Å². The zero-order valence-electron chi connectivity index (χ0n) is 20.1. The first-order valence-electron chi connectivity index (χ1n) is 11.0. The molecule has 36 heavy (non-hydrogen) atoms. The van der Waals surface area contributed by atoms with Crippen LogP contribution in [0.15, 0.2) is 51.8 Å². The quantitative estimate of drug-likeness (QED) is 0.256. The van der Waals surface area contributed by atoms with Gasteiger partial charge in [0.15, 0.2) is 0 Å². The number of carbonyl (C=O) groups excluding carboxylic acids is 3. The third-order valence-corrected chi connectivity index (χ3v) is 6.89. The molecule has 0 spiro atoms. The molecule has 0 aliphatic carbocycles. The van der Waals surface area contributed by atoms with Crippen molar-refractivity contribution in [3.63, 3.8) is 0 Å². The van der Waals surface area contributed by atoms with Crippen LogP contribution in [0.25, 0.3) is 17.4 Å². The summed E-state index contributed by atoms with van der Waals surface area (Å²) >= 11 is 0.714. The van der Waals surface area contributed by atoms with Gasteiger partial charge in [-0.3, -0.25) is 29.4 Å². The monoisotopic (exact) mass is 505 g/mol. The first-order valence-corrected chi connectivity index (χ1v) is 11.8. The molecule has 184 valence electrons. The van der Waals surface area contributed by atoms with Gasteiger partial charge in [0, 0.05) is 29.0 Å². The summed E-state index contributed by atoms with van der Waals surface area (Å²) in [6.45, 7) is 6.93. The number of hydrogen-bond donors (Lipinski definition) is 1. The summed E-state index contributed by atoms with van der Waals surface area (Å²) in [6.07, 6.45) is 1.42. The van der Waals surface area contributed by atoms with Gasteiger partial charge in [-0.05, 0) is 86.5 Å². The summed E-state index contributed by atoms with van der Waals surface area (Å²) in [6, 6.07) is 11.9. The molecular formula is C26H23N3O6S. The molecule has 2 heterocycles. The second-order valence-corrected chi connectivity index (χ2v) is 9.50. The van der Waals surface area contributed by atoms with E-state index >= 15 is 0 Å². The van der Waals surface area contributed by atoms with Crippen molar-refractivity contribution in [2.24, 2.45) is 0 Å². The van der Waals surface area contributed by atoms with Crippen molar-refractivity contribution in [2.75, 3.05) is 11.9 Å². The number of nitro benzene ring substituents is 1. The Labute approximate surface area is 211 Å². The minimum atomic E-state index is -0.597. The molecule has 0 radical (unpaired) electrons.